The molecule has 4 nitrogen and oxygen atoms in total. The van der Waals surface area contributed by atoms with E-state index in [-0.39, 0.29) is 6.10 Å². The fourth-order valence-electron chi connectivity index (χ4n) is 3.01. The van der Waals surface area contributed by atoms with Gasteiger partial charge in [0.2, 0.25) is 0 Å². The summed E-state index contributed by atoms with van der Waals surface area (Å²) >= 11 is 0. The van der Waals surface area contributed by atoms with Gasteiger partial charge in [-0.05, 0) is 38.8 Å². The van der Waals surface area contributed by atoms with E-state index in [2.05, 4.69) is 17.1 Å². The summed E-state index contributed by atoms with van der Waals surface area (Å²) in [5.74, 6) is 0.817. The third kappa shape index (κ3) is 4.21. The maximum Gasteiger partial charge on any atom is 0.0939 e. The van der Waals surface area contributed by atoms with Crippen molar-refractivity contribution >= 4 is 0 Å². The van der Waals surface area contributed by atoms with Crippen molar-refractivity contribution in [3.63, 3.8) is 0 Å². The monoisotopic (exact) mass is 242 g/mol. The van der Waals surface area contributed by atoms with Crippen molar-refractivity contribution in [3.8, 4) is 0 Å². The van der Waals surface area contributed by atoms with Gasteiger partial charge in [-0.3, -0.25) is 4.90 Å². The predicted molar refractivity (Wildman–Crippen MR) is 68.2 cm³/mol. The lowest BCUT2D eigenvalue weighted by molar-refractivity contribution is -0.104. The Hall–Kier alpha value is -0.160. The molecule has 2 saturated heterocycles. The SMILES string of the molecule is COCC1CN(CC2CCCNC2)CC(C)O1. The number of morpholine rings is 1. The molecular formula is C13H26N2O2. The van der Waals surface area contributed by atoms with Gasteiger partial charge in [0.1, 0.15) is 0 Å². The van der Waals surface area contributed by atoms with Gasteiger partial charge in [-0.1, -0.05) is 0 Å². The molecule has 17 heavy (non-hydrogen) atoms. The molecule has 2 fully saturated rings. The van der Waals surface area contributed by atoms with Gasteiger partial charge in [-0.15, -0.1) is 0 Å². The van der Waals surface area contributed by atoms with Crippen molar-refractivity contribution in [3.05, 3.63) is 0 Å². The number of methoxy groups -OCH3 is 1. The fourth-order valence-corrected chi connectivity index (χ4v) is 3.01. The topological polar surface area (TPSA) is 33.7 Å². The van der Waals surface area contributed by atoms with Crippen molar-refractivity contribution in [1.29, 1.82) is 0 Å². The van der Waals surface area contributed by atoms with Gasteiger partial charge in [0.15, 0.2) is 0 Å². The molecule has 2 aliphatic heterocycles. The molecule has 3 atom stereocenters. The zero-order valence-corrected chi connectivity index (χ0v) is 11.2. The number of rotatable bonds is 4. The Labute approximate surface area is 105 Å². The minimum atomic E-state index is 0.250. The first-order valence-corrected chi connectivity index (χ1v) is 6.85. The van der Waals surface area contributed by atoms with Gasteiger partial charge in [0, 0.05) is 26.7 Å². The molecule has 100 valence electrons. The minimum Gasteiger partial charge on any atom is -0.382 e. The maximum atomic E-state index is 5.86. The van der Waals surface area contributed by atoms with E-state index in [0.717, 1.165) is 19.0 Å². The van der Waals surface area contributed by atoms with Crippen LogP contribution < -0.4 is 5.32 Å². The van der Waals surface area contributed by atoms with E-state index >= 15 is 0 Å². The number of ether oxygens (including phenoxy) is 2. The molecule has 0 amide bonds. The number of hydrogen-bond donors (Lipinski definition) is 1. The normalized spacial score (nSPS) is 36.0. The Morgan fingerprint density at radius 3 is 3.00 bits per heavy atom. The standard InChI is InChI=1S/C13H26N2O2/c1-11-7-15(9-13(17-11)10-16-2)8-12-4-3-5-14-6-12/h11-14H,3-10H2,1-2H3. The largest absolute Gasteiger partial charge is 0.382 e. The Bertz CT molecular complexity index is 219. The van der Waals surface area contributed by atoms with Crippen LogP contribution in [0.25, 0.3) is 0 Å². The molecule has 4 heteroatoms. The molecule has 0 aromatic rings. The zero-order valence-electron chi connectivity index (χ0n) is 11.2. The van der Waals surface area contributed by atoms with Crippen LogP contribution in [-0.2, 0) is 9.47 Å². The second-order valence-corrected chi connectivity index (χ2v) is 5.45. The molecule has 1 N–H and O–H groups in total. The van der Waals surface area contributed by atoms with E-state index in [1.165, 1.54) is 32.5 Å². The molecule has 0 aromatic carbocycles. The Balaban J connectivity index is 1.78. The lowest BCUT2D eigenvalue weighted by Crippen LogP contribution is -2.50. The summed E-state index contributed by atoms with van der Waals surface area (Å²) in [5, 5.41) is 3.49. The van der Waals surface area contributed by atoms with E-state index in [4.69, 9.17) is 9.47 Å². The smallest absolute Gasteiger partial charge is 0.0939 e. The molecule has 0 aromatic heterocycles. The van der Waals surface area contributed by atoms with Crippen LogP contribution in [0.1, 0.15) is 19.8 Å². The number of hydrogen-bond acceptors (Lipinski definition) is 4. The van der Waals surface area contributed by atoms with Crippen molar-refractivity contribution < 1.29 is 9.47 Å². The summed E-state index contributed by atoms with van der Waals surface area (Å²) in [6, 6.07) is 0. The summed E-state index contributed by atoms with van der Waals surface area (Å²) in [6.45, 7) is 8.55. The quantitative estimate of drug-likeness (QED) is 0.788. The van der Waals surface area contributed by atoms with Crippen LogP contribution in [-0.4, -0.2) is 63.5 Å². The van der Waals surface area contributed by atoms with Gasteiger partial charge in [0.05, 0.1) is 18.8 Å². The van der Waals surface area contributed by atoms with Crippen LogP contribution in [0.3, 0.4) is 0 Å². The lowest BCUT2D eigenvalue weighted by Gasteiger charge is -2.39. The van der Waals surface area contributed by atoms with Crippen molar-refractivity contribution in [2.75, 3.05) is 46.4 Å². The molecule has 3 unspecified atom stereocenters. The Morgan fingerprint density at radius 1 is 1.41 bits per heavy atom. The maximum absolute atomic E-state index is 5.86. The third-order valence-electron chi connectivity index (χ3n) is 3.67. The second kappa shape index (κ2) is 6.69. The molecular weight excluding hydrogens is 216 g/mol. The average molecular weight is 242 g/mol. The third-order valence-corrected chi connectivity index (χ3v) is 3.67. The summed E-state index contributed by atoms with van der Waals surface area (Å²) in [4.78, 5) is 2.55. The molecule has 0 bridgehead atoms. The number of piperidine rings is 1. The second-order valence-electron chi connectivity index (χ2n) is 5.45. The summed E-state index contributed by atoms with van der Waals surface area (Å²) < 4.78 is 11.1. The van der Waals surface area contributed by atoms with Gasteiger partial charge in [0.25, 0.3) is 0 Å². The van der Waals surface area contributed by atoms with Crippen molar-refractivity contribution in [1.82, 2.24) is 10.2 Å². The van der Waals surface area contributed by atoms with E-state index < -0.39 is 0 Å². The van der Waals surface area contributed by atoms with E-state index in [1.807, 2.05) is 0 Å². The van der Waals surface area contributed by atoms with Crippen LogP contribution in [0.2, 0.25) is 0 Å². The van der Waals surface area contributed by atoms with Crippen molar-refractivity contribution in [2.24, 2.45) is 5.92 Å². The van der Waals surface area contributed by atoms with Gasteiger partial charge >= 0.3 is 0 Å². The van der Waals surface area contributed by atoms with Crippen molar-refractivity contribution in [2.45, 2.75) is 32.0 Å². The fraction of sp³-hybridized carbons (Fsp3) is 1.00. The molecule has 0 spiro atoms. The molecule has 0 saturated carbocycles. The molecule has 2 rings (SSSR count). The van der Waals surface area contributed by atoms with E-state index in [9.17, 15) is 0 Å². The minimum absolute atomic E-state index is 0.250. The Morgan fingerprint density at radius 2 is 2.29 bits per heavy atom. The highest BCUT2D eigenvalue weighted by molar-refractivity contribution is 4.79. The van der Waals surface area contributed by atoms with Crippen LogP contribution in [0.4, 0.5) is 0 Å². The first-order valence-electron chi connectivity index (χ1n) is 6.85. The van der Waals surface area contributed by atoms with Crippen LogP contribution >= 0.6 is 0 Å². The molecule has 2 aliphatic rings. The van der Waals surface area contributed by atoms with Crippen LogP contribution in [0, 0.1) is 5.92 Å². The van der Waals surface area contributed by atoms with Gasteiger partial charge < -0.3 is 14.8 Å². The van der Waals surface area contributed by atoms with E-state index in [0.29, 0.717) is 12.7 Å². The number of nitrogens with zero attached hydrogens (tertiary/aromatic N) is 1. The van der Waals surface area contributed by atoms with E-state index in [1.54, 1.807) is 7.11 Å². The first kappa shape index (κ1) is 13.3. The Kier molecular flexibility index (Phi) is 5.22. The summed E-state index contributed by atoms with van der Waals surface area (Å²) in [7, 11) is 1.75. The average Bonchev–Trinajstić information content (AvgIpc) is 2.30. The highest BCUT2D eigenvalue weighted by atomic mass is 16.5. The van der Waals surface area contributed by atoms with Crippen LogP contribution in [0.15, 0.2) is 0 Å². The molecule has 0 aliphatic carbocycles. The number of nitrogens with one attached hydrogen (secondary N) is 1. The van der Waals surface area contributed by atoms with Gasteiger partial charge in [-0.25, -0.2) is 0 Å². The summed E-state index contributed by atoms with van der Waals surface area (Å²) in [5.41, 5.74) is 0. The summed E-state index contributed by atoms with van der Waals surface area (Å²) in [6.07, 6.45) is 3.28. The molecule has 2 heterocycles. The highest BCUT2D eigenvalue weighted by Gasteiger charge is 2.27. The first-order chi connectivity index (χ1) is 8.28. The predicted octanol–water partition coefficient (Wildman–Crippen LogP) is 0.722. The lowest BCUT2D eigenvalue weighted by atomic mass is 9.98. The van der Waals surface area contributed by atoms with Gasteiger partial charge in [-0.2, -0.15) is 0 Å². The zero-order chi connectivity index (χ0) is 12.1. The van der Waals surface area contributed by atoms with Crippen LogP contribution in [0.5, 0.6) is 0 Å². The molecule has 0 radical (unpaired) electrons. The highest BCUT2D eigenvalue weighted by Crippen LogP contribution is 2.16.